The number of ether oxygens (including phenoxy) is 1. The first-order valence-corrected chi connectivity index (χ1v) is 11.6. The smallest absolute Gasteiger partial charge is 0.322 e. The largest absolute Gasteiger partial charge is 0.481 e. The quantitative estimate of drug-likeness (QED) is 0.565. The number of hydrogen-bond acceptors (Lipinski definition) is 5. The molecule has 2 heterocycles. The molecule has 1 aromatic carbocycles. The Kier molecular flexibility index (Phi) is 9.21. The maximum atomic E-state index is 12.6. The van der Waals surface area contributed by atoms with E-state index in [0.717, 1.165) is 36.5 Å². The summed E-state index contributed by atoms with van der Waals surface area (Å²) < 4.78 is 5.58. The summed E-state index contributed by atoms with van der Waals surface area (Å²) in [5.74, 6) is -0.339. The van der Waals surface area contributed by atoms with Crippen LogP contribution < -0.4 is 10.2 Å². The number of benzene rings is 1. The Bertz CT molecular complexity index is 913. The summed E-state index contributed by atoms with van der Waals surface area (Å²) in [6.45, 7) is 5.98. The lowest BCUT2D eigenvalue weighted by Gasteiger charge is -2.26. The van der Waals surface area contributed by atoms with Crippen molar-refractivity contribution in [1.29, 1.82) is 0 Å². The highest BCUT2D eigenvalue weighted by Crippen LogP contribution is 2.26. The molecule has 0 saturated carbocycles. The van der Waals surface area contributed by atoms with Gasteiger partial charge >= 0.3 is 12.0 Å². The molecule has 0 unspecified atom stereocenters. The number of aromatic nitrogens is 1. The van der Waals surface area contributed by atoms with Crippen molar-refractivity contribution >= 4 is 17.8 Å². The van der Waals surface area contributed by atoms with Gasteiger partial charge in [-0.3, -0.25) is 9.69 Å². The summed E-state index contributed by atoms with van der Waals surface area (Å²) in [5, 5.41) is 12.1. The number of nitrogens with one attached hydrogen (secondary N) is 1. The highest BCUT2D eigenvalue weighted by molar-refractivity contribution is 5.90. The normalized spacial score (nSPS) is 15.1. The second kappa shape index (κ2) is 12.3. The Balaban J connectivity index is 1.62. The van der Waals surface area contributed by atoms with Gasteiger partial charge in [0.25, 0.3) is 0 Å². The predicted molar refractivity (Wildman–Crippen MR) is 128 cm³/mol. The molecular weight excluding hydrogens is 420 g/mol. The van der Waals surface area contributed by atoms with Crippen LogP contribution in [0.1, 0.15) is 44.3 Å². The van der Waals surface area contributed by atoms with Gasteiger partial charge in [-0.25, -0.2) is 9.78 Å². The fourth-order valence-corrected chi connectivity index (χ4v) is 4.00. The van der Waals surface area contributed by atoms with Crippen LogP contribution in [0.4, 0.5) is 10.6 Å². The minimum absolute atomic E-state index is 0.0847. The Labute approximate surface area is 195 Å². The van der Waals surface area contributed by atoms with Crippen LogP contribution >= 0.6 is 0 Å². The lowest BCUT2D eigenvalue weighted by molar-refractivity contribution is -0.140. The third kappa shape index (κ3) is 7.27. The van der Waals surface area contributed by atoms with Gasteiger partial charge in [-0.05, 0) is 50.6 Å². The lowest BCUT2D eigenvalue weighted by Crippen LogP contribution is -2.42. The van der Waals surface area contributed by atoms with Crippen molar-refractivity contribution in [1.82, 2.24) is 15.2 Å². The van der Waals surface area contributed by atoms with Crippen LogP contribution in [-0.2, 0) is 9.53 Å². The van der Waals surface area contributed by atoms with Gasteiger partial charge in [0, 0.05) is 32.3 Å². The van der Waals surface area contributed by atoms with E-state index in [9.17, 15) is 9.59 Å². The van der Waals surface area contributed by atoms with Gasteiger partial charge in [-0.15, -0.1) is 0 Å². The van der Waals surface area contributed by atoms with E-state index in [1.165, 1.54) is 24.2 Å². The number of urea groups is 1. The average molecular weight is 455 g/mol. The van der Waals surface area contributed by atoms with Crippen LogP contribution in [0.25, 0.3) is 11.3 Å². The number of carbonyl (C=O) groups excluding carboxylic acids is 1. The fraction of sp³-hybridized carbons (Fsp3) is 0.480. The molecule has 178 valence electrons. The Morgan fingerprint density at radius 2 is 1.88 bits per heavy atom. The molecule has 8 heteroatoms. The summed E-state index contributed by atoms with van der Waals surface area (Å²) >= 11 is 0. The molecule has 3 rings (SSSR count). The molecule has 2 aromatic rings. The summed E-state index contributed by atoms with van der Waals surface area (Å²) in [6.07, 6.45) is 3.19. The summed E-state index contributed by atoms with van der Waals surface area (Å²) in [4.78, 5) is 32.3. The summed E-state index contributed by atoms with van der Waals surface area (Å²) in [6, 6.07) is 12.9. The topological polar surface area (TPSA) is 95.0 Å². The van der Waals surface area contributed by atoms with Gasteiger partial charge < -0.3 is 20.1 Å². The molecule has 0 aliphatic carbocycles. The molecule has 1 atom stereocenters. The van der Waals surface area contributed by atoms with Crippen molar-refractivity contribution in [3.05, 3.63) is 48.0 Å². The standard InChI is InChI=1S/C25H34N4O4/c1-3-33-22(18-24(30)31)20-12-10-19(11-13-20)21-8-7-9-23(27-21)28(2)25(32)26-14-17-29-15-5-4-6-16-29/h7-13,22H,3-6,14-18H2,1-2H3,(H,26,32)(H,30,31)/t22-/m0/s1. The minimum atomic E-state index is -0.899. The third-order valence-electron chi connectivity index (χ3n) is 5.84. The SMILES string of the molecule is CCO[C@@H](CC(=O)O)c1ccc(-c2cccc(N(C)C(=O)NCCN3CCCCC3)n2)cc1. The highest BCUT2D eigenvalue weighted by Gasteiger charge is 2.17. The van der Waals surface area contributed by atoms with E-state index in [0.29, 0.717) is 19.0 Å². The van der Waals surface area contributed by atoms with Crippen molar-refractivity contribution in [3.8, 4) is 11.3 Å². The van der Waals surface area contributed by atoms with Gasteiger partial charge in [0.15, 0.2) is 0 Å². The van der Waals surface area contributed by atoms with E-state index in [4.69, 9.17) is 9.84 Å². The molecule has 0 radical (unpaired) electrons. The number of rotatable bonds is 10. The van der Waals surface area contributed by atoms with E-state index in [1.807, 2.05) is 43.3 Å². The van der Waals surface area contributed by atoms with Gasteiger partial charge in [0.1, 0.15) is 5.82 Å². The molecule has 0 spiro atoms. The number of carboxylic acid groups (broad SMARTS) is 1. The van der Waals surface area contributed by atoms with E-state index in [2.05, 4.69) is 15.2 Å². The summed E-state index contributed by atoms with van der Waals surface area (Å²) in [5.41, 5.74) is 2.42. The van der Waals surface area contributed by atoms with E-state index in [-0.39, 0.29) is 12.5 Å². The number of carbonyl (C=O) groups is 2. The third-order valence-corrected chi connectivity index (χ3v) is 5.84. The fourth-order valence-electron chi connectivity index (χ4n) is 4.00. The maximum Gasteiger partial charge on any atom is 0.322 e. The molecule has 1 aliphatic heterocycles. The van der Waals surface area contributed by atoms with Gasteiger partial charge in [-0.1, -0.05) is 36.8 Å². The van der Waals surface area contributed by atoms with E-state index in [1.54, 1.807) is 13.1 Å². The molecule has 1 fully saturated rings. The van der Waals surface area contributed by atoms with Crippen LogP contribution in [0.15, 0.2) is 42.5 Å². The average Bonchev–Trinajstić information content (AvgIpc) is 2.84. The first-order valence-electron chi connectivity index (χ1n) is 11.6. The van der Waals surface area contributed by atoms with Crippen molar-refractivity contribution in [2.45, 2.75) is 38.7 Å². The van der Waals surface area contributed by atoms with Crippen LogP contribution in [0.5, 0.6) is 0 Å². The monoisotopic (exact) mass is 454 g/mol. The molecule has 33 heavy (non-hydrogen) atoms. The second-order valence-electron chi connectivity index (χ2n) is 8.24. The van der Waals surface area contributed by atoms with E-state index >= 15 is 0 Å². The molecule has 1 aliphatic rings. The number of hydrogen-bond donors (Lipinski definition) is 2. The van der Waals surface area contributed by atoms with Crippen LogP contribution in [0, 0.1) is 0 Å². The molecule has 1 saturated heterocycles. The van der Waals surface area contributed by atoms with Gasteiger partial charge in [0.2, 0.25) is 0 Å². The number of nitrogens with zero attached hydrogens (tertiary/aromatic N) is 3. The Hall–Kier alpha value is -2.97. The Morgan fingerprint density at radius 1 is 1.15 bits per heavy atom. The van der Waals surface area contributed by atoms with Gasteiger partial charge in [-0.2, -0.15) is 0 Å². The van der Waals surface area contributed by atoms with Crippen LogP contribution in [0.3, 0.4) is 0 Å². The zero-order valence-corrected chi connectivity index (χ0v) is 19.5. The van der Waals surface area contributed by atoms with Crippen LogP contribution in [-0.4, -0.2) is 66.8 Å². The second-order valence-corrected chi connectivity index (χ2v) is 8.24. The molecule has 2 amide bonds. The van der Waals surface area contributed by atoms with Gasteiger partial charge in [0.05, 0.1) is 18.2 Å². The van der Waals surface area contributed by atoms with Crippen molar-refractivity contribution < 1.29 is 19.4 Å². The minimum Gasteiger partial charge on any atom is -0.481 e. The number of aliphatic carboxylic acids is 1. The predicted octanol–water partition coefficient (Wildman–Crippen LogP) is 3.93. The van der Waals surface area contributed by atoms with Crippen molar-refractivity contribution in [3.63, 3.8) is 0 Å². The molecule has 1 aromatic heterocycles. The zero-order chi connectivity index (χ0) is 23.6. The zero-order valence-electron chi connectivity index (χ0n) is 19.5. The number of piperidine rings is 1. The molecule has 0 bridgehead atoms. The summed E-state index contributed by atoms with van der Waals surface area (Å²) in [7, 11) is 1.71. The van der Waals surface area contributed by atoms with Crippen molar-refractivity contribution in [2.75, 3.05) is 44.7 Å². The highest BCUT2D eigenvalue weighted by atomic mass is 16.5. The first kappa shape index (κ1) is 24.7. The van der Waals surface area contributed by atoms with E-state index < -0.39 is 12.1 Å². The van der Waals surface area contributed by atoms with Crippen molar-refractivity contribution in [2.24, 2.45) is 0 Å². The number of anilines is 1. The number of carboxylic acids is 1. The number of likely N-dealkylation sites (tertiary alicyclic amines) is 1. The first-order chi connectivity index (χ1) is 16.0. The number of pyridine rings is 1. The Morgan fingerprint density at radius 3 is 2.55 bits per heavy atom. The number of amides is 2. The molecular formula is C25H34N4O4. The lowest BCUT2D eigenvalue weighted by atomic mass is 10.0. The molecule has 8 nitrogen and oxygen atoms in total. The maximum absolute atomic E-state index is 12.6. The molecule has 2 N–H and O–H groups in total. The van der Waals surface area contributed by atoms with Crippen LogP contribution in [0.2, 0.25) is 0 Å².